The Balaban J connectivity index is 2.04. The van der Waals surface area contributed by atoms with Crippen molar-refractivity contribution in [1.82, 2.24) is 4.98 Å². The third-order valence-corrected chi connectivity index (χ3v) is 3.43. The molecule has 96 valence electrons. The van der Waals surface area contributed by atoms with Gasteiger partial charge in [-0.05, 0) is 18.6 Å². The lowest BCUT2D eigenvalue weighted by Crippen LogP contribution is -2.18. The van der Waals surface area contributed by atoms with Gasteiger partial charge in [-0.1, -0.05) is 18.2 Å². The third-order valence-electron chi connectivity index (χ3n) is 2.57. The molecule has 3 N–H and O–H groups in total. The van der Waals surface area contributed by atoms with Crippen LogP contribution in [0.15, 0.2) is 36.5 Å². The van der Waals surface area contributed by atoms with E-state index in [-0.39, 0.29) is 5.75 Å². The van der Waals surface area contributed by atoms with Crippen molar-refractivity contribution in [2.45, 2.75) is 6.42 Å². The van der Waals surface area contributed by atoms with E-state index in [9.17, 15) is 8.42 Å². The molecule has 0 atom stereocenters. The van der Waals surface area contributed by atoms with Gasteiger partial charge in [0.05, 0.1) is 11.3 Å². The maximum Gasteiger partial charge on any atom is 0.209 e. The zero-order valence-corrected chi connectivity index (χ0v) is 10.7. The van der Waals surface area contributed by atoms with Gasteiger partial charge in [0.25, 0.3) is 0 Å². The molecule has 0 saturated heterocycles. The summed E-state index contributed by atoms with van der Waals surface area (Å²) in [5.74, 6) is -0.0109. The predicted molar refractivity (Wildman–Crippen MR) is 72.8 cm³/mol. The average Bonchev–Trinajstić information content (AvgIpc) is 2.33. The molecular formula is C12H15N3O2S. The number of pyridine rings is 1. The number of nitrogens with two attached hydrogens (primary N) is 1. The maximum absolute atomic E-state index is 10.8. The fraction of sp³-hybridized carbons (Fsp3) is 0.250. The Hall–Kier alpha value is -1.66. The van der Waals surface area contributed by atoms with Crippen molar-refractivity contribution in [2.75, 3.05) is 17.6 Å². The molecule has 1 heterocycles. The highest BCUT2D eigenvalue weighted by Gasteiger charge is 2.03. The number of sulfonamides is 1. The second kappa shape index (κ2) is 5.32. The van der Waals surface area contributed by atoms with Crippen molar-refractivity contribution in [3.8, 4) is 0 Å². The minimum Gasteiger partial charge on any atom is -0.384 e. The molecule has 0 bridgehead atoms. The number of nitrogens with zero attached hydrogens (tertiary/aromatic N) is 1. The first-order valence-corrected chi connectivity index (χ1v) is 7.36. The van der Waals surface area contributed by atoms with Crippen LogP contribution in [0, 0.1) is 0 Å². The molecule has 1 aromatic heterocycles. The number of para-hydroxylation sites is 1. The molecule has 1 aromatic carbocycles. The fourth-order valence-corrected chi connectivity index (χ4v) is 2.29. The number of fused-ring (bicyclic) bond motifs is 1. The smallest absolute Gasteiger partial charge is 0.209 e. The van der Waals surface area contributed by atoms with Crippen LogP contribution < -0.4 is 10.5 Å². The molecule has 0 saturated carbocycles. The minimum atomic E-state index is -3.37. The summed E-state index contributed by atoms with van der Waals surface area (Å²) in [7, 11) is -3.37. The van der Waals surface area contributed by atoms with Gasteiger partial charge >= 0.3 is 0 Å². The summed E-state index contributed by atoms with van der Waals surface area (Å²) in [4.78, 5) is 4.25. The first-order valence-electron chi connectivity index (χ1n) is 5.64. The van der Waals surface area contributed by atoms with Gasteiger partial charge in [0.15, 0.2) is 0 Å². The monoisotopic (exact) mass is 265 g/mol. The zero-order valence-electron chi connectivity index (χ0n) is 9.83. The van der Waals surface area contributed by atoms with Gasteiger partial charge < -0.3 is 5.32 Å². The van der Waals surface area contributed by atoms with E-state index >= 15 is 0 Å². The molecule has 5 nitrogen and oxygen atoms in total. The number of anilines is 1. The number of nitrogens with one attached hydrogen (secondary N) is 1. The van der Waals surface area contributed by atoms with Crippen molar-refractivity contribution in [3.63, 3.8) is 0 Å². The van der Waals surface area contributed by atoms with Crippen LogP contribution in [0.25, 0.3) is 10.9 Å². The molecule has 2 rings (SSSR count). The van der Waals surface area contributed by atoms with Crippen LogP contribution in [0.1, 0.15) is 6.42 Å². The summed E-state index contributed by atoms with van der Waals surface area (Å²) in [6, 6.07) is 9.66. The van der Waals surface area contributed by atoms with Crippen LogP contribution in [0.4, 0.5) is 5.69 Å². The van der Waals surface area contributed by atoms with Gasteiger partial charge in [-0.15, -0.1) is 0 Å². The molecule has 18 heavy (non-hydrogen) atoms. The number of benzene rings is 1. The summed E-state index contributed by atoms with van der Waals surface area (Å²) in [6.45, 7) is 0.560. The molecule has 0 amide bonds. The van der Waals surface area contributed by atoms with E-state index in [1.54, 1.807) is 6.20 Å². The normalized spacial score (nSPS) is 11.6. The molecule has 0 unspecified atom stereocenters. The lowest BCUT2D eigenvalue weighted by atomic mass is 10.2. The van der Waals surface area contributed by atoms with Crippen LogP contribution in [-0.2, 0) is 10.0 Å². The highest BCUT2D eigenvalue weighted by atomic mass is 32.2. The fourth-order valence-electron chi connectivity index (χ4n) is 1.75. The number of hydrogen-bond acceptors (Lipinski definition) is 4. The average molecular weight is 265 g/mol. The number of aromatic nitrogens is 1. The molecule has 0 aliphatic carbocycles. The summed E-state index contributed by atoms with van der Waals surface area (Å²) >= 11 is 0. The largest absolute Gasteiger partial charge is 0.384 e. The highest BCUT2D eigenvalue weighted by Crippen LogP contribution is 2.20. The Morgan fingerprint density at radius 3 is 2.78 bits per heavy atom. The number of rotatable bonds is 5. The van der Waals surface area contributed by atoms with Crippen molar-refractivity contribution in [1.29, 1.82) is 0 Å². The first kappa shape index (κ1) is 12.8. The van der Waals surface area contributed by atoms with Gasteiger partial charge in [0.2, 0.25) is 10.0 Å². The van der Waals surface area contributed by atoms with E-state index in [2.05, 4.69) is 10.3 Å². The molecule has 2 aromatic rings. The lowest BCUT2D eigenvalue weighted by molar-refractivity contribution is 0.596. The summed E-state index contributed by atoms with van der Waals surface area (Å²) in [6.07, 6.45) is 2.21. The lowest BCUT2D eigenvalue weighted by Gasteiger charge is -2.08. The van der Waals surface area contributed by atoms with Gasteiger partial charge in [-0.3, -0.25) is 4.98 Å². The molecule has 0 radical (unpaired) electrons. The Kier molecular flexibility index (Phi) is 3.78. The summed E-state index contributed by atoms with van der Waals surface area (Å²) in [5.41, 5.74) is 1.86. The van der Waals surface area contributed by atoms with Crippen molar-refractivity contribution in [3.05, 3.63) is 36.5 Å². The molecule has 0 spiro atoms. The zero-order chi connectivity index (χ0) is 13.0. The second-order valence-corrected chi connectivity index (χ2v) is 5.76. The van der Waals surface area contributed by atoms with Gasteiger partial charge in [-0.25, -0.2) is 13.6 Å². The Morgan fingerprint density at radius 2 is 2.00 bits per heavy atom. The Morgan fingerprint density at radius 1 is 1.22 bits per heavy atom. The van der Waals surface area contributed by atoms with Crippen LogP contribution in [0.5, 0.6) is 0 Å². The Labute approximate surface area is 106 Å². The van der Waals surface area contributed by atoms with Crippen molar-refractivity contribution >= 4 is 26.6 Å². The van der Waals surface area contributed by atoms with E-state index in [4.69, 9.17) is 5.14 Å². The van der Waals surface area contributed by atoms with Crippen LogP contribution in [-0.4, -0.2) is 25.7 Å². The van der Waals surface area contributed by atoms with E-state index in [1.807, 2.05) is 30.3 Å². The van der Waals surface area contributed by atoms with E-state index < -0.39 is 10.0 Å². The molecular weight excluding hydrogens is 250 g/mol. The first-order chi connectivity index (χ1) is 8.56. The molecule has 0 aliphatic rings. The van der Waals surface area contributed by atoms with E-state index in [1.165, 1.54) is 0 Å². The van der Waals surface area contributed by atoms with Gasteiger partial charge in [-0.2, -0.15) is 0 Å². The van der Waals surface area contributed by atoms with E-state index in [0.29, 0.717) is 13.0 Å². The quantitative estimate of drug-likeness (QED) is 0.799. The summed E-state index contributed by atoms with van der Waals surface area (Å²) in [5, 5.41) is 9.16. The third kappa shape index (κ3) is 3.41. The van der Waals surface area contributed by atoms with Crippen molar-refractivity contribution < 1.29 is 8.42 Å². The standard InChI is InChI=1S/C12H15N3O2S/c13-18(16,17)9-3-7-14-12-6-8-15-11-5-2-1-4-10(11)12/h1-2,4-6,8H,3,7,9H2,(H,14,15)(H2,13,16,17). The second-order valence-electron chi connectivity index (χ2n) is 4.02. The highest BCUT2D eigenvalue weighted by molar-refractivity contribution is 7.89. The number of hydrogen-bond donors (Lipinski definition) is 2. The molecule has 6 heteroatoms. The van der Waals surface area contributed by atoms with Crippen molar-refractivity contribution in [2.24, 2.45) is 5.14 Å². The van der Waals surface area contributed by atoms with Gasteiger partial charge in [0, 0.05) is 23.8 Å². The van der Waals surface area contributed by atoms with Crippen LogP contribution in [0.2, 0.25) is 0 Å². The van der Waals surface area contributed by atoms with E-state index in [0.717, 1.165) is 16.6 Å². The molecule has 0 fully saturated rings. The van der Waals surface area contributed by atoms with Crippen LogP contribution in [0.3, 0.4) is 0 Å². The minimum absolute atomic E-state index is 0.0109. The Bertz CT molecular complexity index is 635. The molecule has 0 aliphatic heterocycles. The maximum atomic E-state index is 10.8. The number of primary sulfonamides is 1. The van der Waals surface area contributed by atoms with Gasteiger partial charge in [0.1, 0.15) is 0 Å². The SMILES string of the molecule is NS(=O)(=O)CCCNc1ccnc2ccccc12. The van der Waals surface area contributed by atoms with Crippen LogP contribution >= 0.6 is 0 Å². The summed E-state index contributed by atoms with van der Waals surface area (Å²) < 4.78 is 21.6. The predicted octanol–water partition coefficient (Wildman–Crippen LogP) is 1.33. The topological polar surface area (TPSA) is 85.1 Å².